The van der Waals surface area contributed by atoms with Gasteiger partial charge >= 0.3 is 71.6 Å². The fourth-order valence-electron chi connectivity index (χ4n) is 9.12. The van der Waals surface area contributed by atoms with Crippen molar-refractivity contribution < 1.29 is 114 Å². The fourth-order valence-corrected chi connectivity index (χ4v) is 14.1. The first-order valence-electron chi connectivity index (χ1n) is 24.8. The van der Waals surface area contributed by atoms with Crippen LogP contribution in [0.4, 0.5) is 114 Å². The monoisotopic (exact) mass is 1310 g/mol. The highest BCUT2D eigenvalue weighted by molar-refractivity contribution is 7.80. The maximum Gasteiger partial charge on any atom is 0.460 e. The summed E-state index contributed by atoms with van der Waals surface area (Å²) in [5.41, 5.74) is -0.892. The first kappa shape index (κ1) is 66.7. The highest BCUT2D eigenvalue weighted by atomic mass is 31.1. The summed E-state index contributed by atoms with van der Waals surface area (Å²) in [4.78, 5) is 0. The highest BCUT2D eigenvalue weighted by Gasteiger charge is 2.92. The average molecular weight is 1310 g/mol. The van der Waals surface area contributed by atoms with Crippen molar-refractivity contribution in [2.75, 3.05) is 0 Å². The third-order valence-corrected chi connectivity index (χ3v) is 18.7. The molecule has 0 nitrogen and oxygen atoms in total. The molecule has 28 heteroatoms. The van der Waals surface area contributed by atoms with Crippen LogP contribution < -0.4 is 31.8 Å². The number of rotatable bonds is 19. The number of halogens is 26. The molecule has 0 amide bonds. The zero-order valence-electron chi connectivity index (χ0n) is 43.4. The fraction of sp³-hybridized carbons (Fsp3) is 0.200. The molecule has 0 aromatic heterocycles. The number of benzene rings is 8. The summed E-state index contributed by atoms with van der Waals surface area (Å²) in [6.07, 6.45) is -17.6. The second kappa shape index (κ2) is 23.0. The smallest absolute Gasteiger partial charge is 0.195 e. The van der Waals surface area contributed by atoms with E-state index < -0.39 is 111 Å². The van der Waals surface area contributed by atoms with E-state index in [1.807, 2.05) is 0 Å². The van der Waals surface area contributed by atoms with Gasteiger partial charge in [0.25, 0.3) is 0 Å². The lowest BCUT2D eigenvalue weighted by atomic mass is 9.91. The van der Waals surface area contributed by atoms with E-state index >= 15 is 17.6 Å². The lowest BCUT2D eigenvalue weighted by Gasteiger charge is -2.39. The number of fused-ring (bicyclic) bond motifs is 2. The van der Waals surface area contributed by atoms with Crippen LogP contribution in [0.15, 0.2) is 194 Å². The minimum atomic E-state index is -8.17. The van der Waals surface area contributed by atoms with E-state index in [2.05, 4.69) is 0 Å². The van der Waals surface area contributed by atoms with Crippen molar-refractivity contribution in [2.45, 2.75) is 71.6 Å². The minimum absolute atomic E-state index is 0.0514. The molecule has 0 heterocycles. The molecule has 0 aliphatic rings. The van der Waals surface area contributed by atoms with Gasteiger partial charge < -0.3 is 0 Å². The SMILES string of the molecule is FC(F)(F)C(F)(F)C(F)(F)C(F)(F)C(F)(F)C(F)(F)/C=C/c1ccc2c(-c3c(P(c4ccccc4)c4ccccc4)ccc4cc(/C=C/C(F)(F)C(F)(F)C(F)(F)C(F)(F)C(F)(F)C(F)(F)F)ccc34)c(P(c3ccccc3)c3ccccc3)ccc2c1. The molecule has 466 valence electrons. The topological polar surface area (TPSA) is 0 Å². The Morgan fingerprint density at radius 2 is 0.500 bits per heavy atom. The van der Waals surface area contributed by atoms with E-state index in [4.69, 9.17) is 0 Å². The summed E-state index contributed by atoms with van der Waals surface area (Å²) < 4.78 is 366. The maximum atomic E-state index is 15.2. The van der Waals surface area contributed by atoms with Crippen LogP contribution in [0.2, 0.25) is 0 Å². The molecule has 8 aromatic carbocycles. The van der Waals surface area contributed by atoms with Crippen molar-refractivity contribution in [1.82, 2.24) is 0 Å². The average Bonchev–Trinajstić information content (AvgIpc) is 0.732. The molecule has 0 spiro atoms. The predicted molar refractivity (Wildman–Crippen MR) is 284 cm³/mol. The van der Waals surface area contributed by atoms with E-state index in [0.29, 0.717) is 31.8 Å². The number of hydrogen-bond acceptors (Lipinski definition) is 0. The van der Waals surface area contributed by atoms with Gasteiger partial charge in [0.15, 0.2) is 0 Å². The number of hydrogen-bond donors (Lipinski definition) is 0. The molecule has 0 N–H and O–H groups in total. The van der Waals surface area contributed by atoms with E-state index in [1.54, 1.807) is 121 Å². The third-order valence-electron chi connectivity index (χ3n) is 13.7. The molecule has 8 rings (SSSR count). The molecule has 0 saturated carbocycles. The normalized spacial score (nSPS) is 14.4. The molecule has 0 fully saturated rings. The van der Waals surface area contributed by atoms with Gasteiger partial charge in [-0.15, -0.1) is 0 Å². The maximum absolute atomic E-state index is 15.2. The molecule has 0 aliphatic heterocycles. The zero-order valence-corrected chi connectivity index (χ0v) is 45.1. The first-order valence-corrected chi connectivity index (χ1v) is 27.4. The molecular formula is C60H34F26P2. The van der Waals surface area contributed by atoms with E-state index in [0.717, 1.165) is 24.3 Å². The lowest BCUT2D eigenvalue weighted by Crippen LogP contribution is -2.69. The van der Waals surface area contributed by atoms with Crippen LogP contribution in [-0.4, -0.2) is 71.6 Å². The van der Waals surface area contributed by atoms with Gasteiger partial charge in [-0.25, -0.2) is 0 Å². The van der Waals surface area contributed by atoms with Crippen molar-refractivity contribution in [3.05, 3.63) is 205 Å². The van der Waals surface area contributed by atoms with E-state index in [1.165, 1.54) is 36.4 Å². The Labute approximate surface area is 482 Å². The van der Waals surface area contributed by atoms with Crippen LogP contribution in [0.5, 0.6) is 0 Å². The summed E-state index contributed by atoms with van der Waals surface area (Å²) in [7, 11) is -3.68. The standard InChI is InChI=1S/C60H34F26P2/c61-49(62,51(65,66)53(69,70)55(73,74)57(77,78)59(81,82)83)31-29-35-21-25-43-37(33-35)23-27-45(87(39-13-5-1-6-14-39)40-15-7-2-8-16-40)47(43)48-44-26-22-36(30-32-50(63,64)52(67,68)54(71,72)56(75,76)58(79,80)60(84,85)86)34-38(44)24-28-46(48)88(41-17-9-3-10-18-41)42-19-11-4-12-20-42/h1-34H/b31-29+,32-30+. The zero-order chi connectivity index (χ0) is 65.3. The number of allylic oxidation sites excluding steroid dienone is 2. The molecular weight excluding hydrogens is 1280 g/mol. The molecule has 0 unspecified atom stereocenters. The summed E-state index contributed by atoms with van der Waals surface area (Å²) in [5, 5.41) is 3.43. The van der Waals surface area contributed by atoms with Crippen molar-refractivity contribution in [3.63, 3.8) is 0 Å². The van der Waals surface area contributed by atoms with Gasteiger partial charge in [0, 0.05) is 0 Å². The first-order chi connectivity index (χ1) is 40.5. The summed E-state index contributed by atoms with van der Waals surface area (Å²) in [5.74, 6) is -77.0. The lowest BCUT2D eigenvalue weighted by molar-refractivity contribution is -0.436. The Balaban J connectivity index is 1.40. The van der Waals surface area contributed by atoms with Gasteiger partial charge in [0.1, 0.15) is 0 Å². The third kappa shape index (κ3) is 11.2. The van der Waals surface area contributed by atoms with Gasteiger partial charge in [-0.3, -0.25) is 0 Å². The Morgan fingerprint density at radius 3 is 0.750 bits per heavy atom. The quantitative estimate of drug-likeness (QED) is 0.0559. The molecule has 0 atom stereocenters. The minimum Gasteiger partial charge on any atom is -0.195 e. The molecule has 88 heavy (non-hydrogen) atoms. The molecule has 0 bridgehead atoms. The second-order valence-corrected chi connectivity index (χ2v) is 23.8. The van der Waals surface area contributed by atoms with Crippen molar-refractivity contribution in [3.8, 4) is 11.1 Å². The van der Waals surface area contributed by atoms with Crippen molar-refractivity contribution in [1.29, 1.82) is 0 Å². The van der Waals surface area contributed by atoms with E-state index in [9.17, 15) is 96.6 Å². The van der Waals surface area contributed by atoms with Crippen molar-refractivity contribution >= 4 is 81.4 Å². The molecule has 0 saturated heterocycles. The van der Waals surface area contributed by atoms with Crippen LogP contribution in [0, 0.1) is 0 Å². The summed E-state index contributed by atoms with van der Waals surface area (Å²) in [6.45, 7) is 0. The Kier molecular flexibility index (Phi) is 17.4. The second-order valence-electron chi connectivity index (χ2n) is 19.4. The van der Waals surface area contributed by atoms with Crippen LogP contribution in [0.25, 0.3) is 44.8 Å². The van der Waals surface area contributed by atoms with Crippen LogP contribution in [0.3, 0.4) is 0 Å². The van der Waals surface area contributed by atoms with Crippen molar-refractivity contribution in [2.24, 2.45) is 0 Å². The van der Waals surface area contributed by atoms with Crippen LogP contribution in [0.1, 0.15) is 11.1 Å². The Hall–Kier alpha value is -7.20. The Bertz CT molecular complexity index is 3530. The van der Waals surface area contributed by atoms with Gasteiger partial charge in [0.05, 0.1) is 0 Å². The van der Waals surface area contributed by atoms with Gasteiger partial charge in [-0.2, -0.15) is 114 Å². The van der Waals surface area contributed by atoms with Gasteiger partial charge in [-0.1, -0.05) is 182 Å². The number of alkyl halides is 26. The molecule has 0 aliphatic carbocycles. The van der Waals surface area contributed by atoms with E-state index in [-0.39, 0.29) is 44.8 Å². The Morgan fingerprint density at radius 1 is 0.250 bits per heavy atom. The predicted octanol–water partition coefficient (Wildman–Crippen LogP) is 18.7. The summed E-state index contributed by atoms with van der Waals surface area (Å²) in [6, 6.07) is 45.8. The highest BCUT2D eigenvalue weighted by Crippen LogP contribution is 2.62. The molecule has 8 aromatic rings. The van der Waals surface area contributed by atoms with Crippen LogP contribution >= 0.6 is 15.8 Å². The molecule has 0 radical (unpaired) electrons. The van der Waals surface area contributed by atoms with Crippen LogP contribution in [-0.2, 0) is 0 Å². The van der Waals surface area contributed by atoms with Gasteiger partial charge in [0.2, 0.25) is 0 Å². The van der Waals surface area contributed by atoms with Gasteiger partial charge in [-0.05, 0) is 116 Å². The largest absolute Gasteiger partial charge is 0.460 e. The summed E-state index contributed by atoms with van der Waals surface area (Å²) >= 11 is 0.